The molecule has 2 rings (SSSR count). The SMILES string of the molecule is CCc1ccccc1NC(=O)CCN(c1ccccc1)S(C)(=O)=O. The molecule has 0 atom stereocenters. The highest BCUT2D eigenvalue weighted by atomic mass is 32.2. The van der Waals surface area contributed by atoms with E-state index in [1.165, 1.54) is 4.31 Å². The molecule has 0 spiro atoms. The molecule has 1 N–H and O–H groups in total. The van der Waals surface area contributed by atoms with E-state index in [9.17, 15) is 13.2 Å². The number of rotatable bonds is 7. The summed E-state index contributed by atoms with van der Waals surface area (Å²) in [6.07, 6.45) is 2.04. The van der Waals surface area contributed by atoms with Crippen molar-refractivity contribution >= 4 is 27.3 Å². The average molecular weight is 346 g/mol. The van der Waals surface area contributed by atoms with Gasteiger partial charge in [-0.25, -0.2) is 8.42 Å². The number of carbonyl (C=O) groups is 1. The van der Waals surface area contributed by atoms with Crippen molar-refractivity contribution in [2.45, 2.75) is 19.8 Å². The Kier molecular flexibility index (Phi) is 5.98. The first kappa shape index (κ1) is 18.0. The van der Waals surface area contributed by atoms with Crippen molar-refractivity contribution in [2.24, 2.45) is 0 Å². The van der Waals surface area contributed by atoms with Gasteiger partial charge in [0.05, 0.1) is 11.9 Å². The number of para-hydroxylation sites is 2. The molecule has 5 nitrogen and oxygen atoms in total. The highest BCUT2D eigenvalue weighted by molar-refractivity contribution is 7.92. The molecule has 2 aromatic carbocycles. The Bertz CT molecular complexity index is 789. The van der Waals surface area contributed by atoms with E-state index in [2.05, 4.69) is 5.32 Å². The second-order valence-electron chi connectivity index (χ2n) is 5.48. The lowest BCUT2D eigenvalue weighted by Gasteiger charge is -2.22. The highest BCUT2D eigenvalue weighted by Gasteiger charge is 2.18. The van der Waals surface area contributed by atoms with Crippen LogP contribution in [0.4, 0.5) is 11.4 Å². The molecule has 1 amide bonds. The van der Waals surface area contributed by atoms with Gasteiger partial charge < -0.3 is 5.32 Å². The van der Waals surface area contributed by atoms with Crippen molar-refractivity contribution < 1.29 is 13.2 Å². The van der Waals surface area contributed by atoms with Crippen LogP contribution in [0, 0.1) is 0 Å². The van der Waals surface area contributed by atoms with E-state index in [1.54, 1.807) is 24.3 Å². The maximum Gasteiger partial charge on any atom is 0.232 e. The van der Waals surface area contributed by atoms with Crippen LogP contribution in [-0.2, 0) is 21.2 Å². The topological polar surface area (TPSA) is 66.5 Å². The second kappa shape index (κ2) is 7.97. The number of nitrogens with zero attached hydrogens (tertiary/aromatic N) is 1. The number of aryl methyl sites for hydroxylation is 1. The molecule has 0 saturated carbocycles. The summed E-state index contributed by atoms with van der Waals surface area (Å²) in [5.74, 6) is -0.208. The number of sulfonamides is 1. The Morgan fingerprint density at radius 3 is 2.29 bits per heavy atom. The monoisotopic (exact) mass is 346 g/mol. The summed E-state index contributed by atoms with van der Waals surface area (Å²) < 4.78 is 25.2. The van der Waals surface area contributed by atoms with Crippen molar-refractivity contribution in [1.82, 2.24) is 0 Å². The normalized spacial score (nSPS) is 11.1. The first-order valence-corrected chi connectivity index (χ1v) is 9.67. The molecule has 0 aliphatic rings. The smallest absolute Gasteiger partial charge is 0.232 e. The number of hydrogen-bond acceptors (Lipinski definition) is 3. The van der Waals surface area contributed by atoms with Crippen LogP contribution in [-0.4, -0.2) is 27.1 Å². The molecule has 0 saturated heterocycles. The third kappa shape index (κ3) is 4.83. The summed E-state index contributed by atoms with van der Waals surface area (Å²) >= 11 is 0. The van der Waals surface area contributed by atoms with Crippen LogP contribution in [0.3, 0.4) is 0 Å². The Labute approximate surface area is 143 Å². The molecule has 0 aromatic heterocycles. The fourth-order valence-electron chi connectivity index (χ4n) is 2.45. The fourth-order valence-corrected chi connectivity index (χ4v) is 3.37. The van der Waals surface area contributed by atoms with Gasteiger partial charge in [-0.3, -0.25) is 9.10 Å². The van der Waals surface area contributed by atoms with Gasteiger partial charge in [-0.15, -0.1) is 0 Å². The number of anilines is 2. The molecule has 6 heteroatoms. The van der Waals surface area contributed by atoms with Crippen molar-refractivity contribution in [3.8, 4) is 0 Å². The van der Waals surface area contributed by atoms with Gasteiger partial charge in [-0.1, -0.05) is 43.3 Å². The lowest BCUT2D eigenvalue weighted by molar-refractivity contribution is -0.116. The van der Waals surface area contributed by atoms with Crippen molar-refractivity contribution in [3.63, 3.8) is 0 Å². The van der Waals surface area contributed by atoms with Gasteiger partial charge >= 0.3 is 0 Å². The van der Waals surface area contributed by atoms with Crippen molar-refractivity contribution in [2.75, 3.05) is 22.4 Å². The van der Waals surface area contributed by atoms with Gasteiger partial charge in [-0.2, -0.15) is 0 Å². The van der Waals surface area contributed by atoms with E-state index in [1.807, 2.05) is 37.3 Å². The number of benzene rings is 2. The minimum absolute atomic E-state index is 0.0833. The van der Waals surface area contributed by atoms with Gasteiger partial charge in [0.25, 0.3) is 0 Å². The summed E-state index contributed by atoms with van der Waals surface area (Å²) in [5.41, 5.74) is 2.38. The van der Waals surface area contributed by atoms with Gasteiger partial charge in [0.15, 0.2) is 0 Å². The van der Waals surface area contributed by atoms with Crippen molar-refractivity contribution in [1.29, 1.82) is 0 Å². The van der Waals surface area contributed by atoms with E-state index < -0.39 is 10.0 Å². The average Bonchev–Trinajstić information content (AvgIpc) is 2.55. The summed E-state index contributed by atoms with van der Waals surface area (Å²) in [6, 6.07) is 16.4. The molecule has 0 aliphatic carbocycles. The minimum atomic E-state index is -3.45. The molecule has 0 bridgehead atoms. The van der Waals surface area contributed by atoms with Crippen molar-refractivity contribution in [3.05, 3.63) is 60.2 Å². The fraction of sp³-hybridized carbons (Fsp3) is 0.278. The zero-order chi connectivity index (χ0) is 17.6. The molecule has 2 aromatic rings. The molecule has 0 fully saturated rings. The van der Waals surface area contributed by atoms with Gasteiger partial charge in [0.1, 0.15) is 0 Å². The lowest BCUT2D eigenvalue weighted by atomic mass is 10.1. The van der Waals surface area contributed by atoms with Crippen LogP contribution >= 0.6 is 0 Å². The second-order valence-corrected chi connectivity index (χ2v) is 7.39. The summed E-state index contributed by atoms with van der Waals surface area (Å²) in [6.45, 7) is 2.12. The molecule has 0 heterocycles. The Balaban J connectivity index is 2.06. The first-order chi connectivity index (χ1) is 11.4. The number of carbonyl (C=O) groups excluding carboxylic acids is 1. The van der Waals surface area contributed by atoms with Crippen LogP contribution in [0.25, 0.3) is 0 Å². The molecule has 0 unspecified atom stereocenters. The quantitative estimate of drug-likeness (QED) is 0.838. The van der Waals surface area contributed by atoms with E-state index >= 15 is 0 Å². The van der Waals surface area contributed by atoms with Crippen LogP contribution in [0.2, 0.25) is 0 Å². The molecular formula is C18H22N2O3S. The highest BCUT2D eigenvalue weighted by Crippen LogP contribution is 2.18. The molecule has 24 heavy (non-hydrogen) atoms. The van der Waals surface area contributed by atoms with Crippen LogP contribution in [0.1, 0.15) is 18.9 Å². The van der Waals surface area contributed by atoms with Gasteiger partial charge in [0, 0.05) is 18.7 Å². The first-order valence-electron chi connectivity index (χ1n) is 7.82. The van der Waals surface area contributed by atoms with Gasteiger partial charge in [-0.05, 0) is 30.2 Å². The van der Waals surface area contributed by atoms with Crippen LogP contribution in [0.5, 0.6) is 0 Å². The van der Waals surface area contributed by atoms with E-state index in [-0.39, 0.29) is 18.9 Å². The molecular weight excluding hydrogens is 324 g/mol. The predicted molar refractivity (Wildman–Crippen MR) is 97.7 cm³/mol. The molecule has 128 valence electrons. The van der Waals surface area contributed by atoms with Crippen LogP contribution < -0.4 is 9.62 Å². The van der Waals surface area contributed by atoms with E-state index in [0.29, 0.717) is 5.69 Å². The summed E-state index contributed by atoms with van der Waals surface area (Å²) in [5, 5.41) is 2.86. The molecule has 0 radical (unpaired) electrons. The third-order valence-corrected chi connectivity index (χ3v) is 4.85. The summed E-state index contributed by atoms with van der Waals surface area (Å²) in [7, 11) is -3.45. The largest absolute Gasteiger partial charge is 0.326 e. The van der Waals surface area contributed by atoms with Crippen LogP contribution in [0.15, 0.2) is 54.6 Å². The Hall–Kier alpha value is -2.34. The summed E-state index contributed by atoms with van der Waals surface area (Å²) in [4.78, 5) is 12.2. The maximum atomic E-state index is 12.2. The van der Waals surface area contributed by atoms with E-state index in [4.69, 9.17) is 0 Å². The maximum absolute atomic E-state index is 12.2. The number of nitrogens with one attached hydrogen (secondary N) is 1. The van der Waals surface area contributed by atoms with E-state index in [0.717, 1.165) is 23.9 Å². The zero-order valence-corrected chi connectivity index (χ0v) is 14.7. The number of hydrogen-bond donors (Lipinski definition) is 1. The van der Waals surface area contributed by atoms with Gasteiger partial charge in [0.2, 0.25) is 15.9 Å². The molecule has 0 aliphatic heterocycles. The number of amides is 1. The minimum Gasteiger partial charge on any atom is -0.326 e. The lowest BCUT2D eigenvalue weighted by Crippen LogP contribution is -2.33. The standard InChI is InChI=1S/C18H22N2O3S/c1-3-15-9-7-8-12-17(15)19-18(21)13-14-20(24(2,22)23)16-10-5-4-6-11-16/h4-12H,3,13-14H2,1-2H3,(H,19,21). The third-order valence-electron chi connectivity index (χ3n) is 3.66. The predicted octanol–water partition coefficient (Wildman–Crippen LogP) is 3.04. The Morgan fingerprint density at radius 1 is 1.04 bits per heavy atom. The Morgan fingerprint density at radius 2 is 1.67 bits per heavy atom. The zero-order valence-electron chi connectivity index (χ0n) is 13.9.